The van der Waals surface area contributed by atoms with Gasteiger partial charge in [-0.3, -0.25) is 14.3 Å². The van der Waals surface area contributed by atoms with Crippen LogP contribution in [0.2, 0.25) is 0 Å². The average Bonchev–Trinajstić information content (AvgIpc) is 2.69. The Morgan fingerprint density at radius 3 is 2.59 bits per heavy atom. The van der Waals surface area contributed by atoms with Gasteiger partial charge in [0, 0.05) is 13.1 Å². The zero-order valence-electron chi connectivity index (χ0n) is 10.1. The highest BCUT2D eigenvalue weighted by Gasteiger charge is 2.12. The highest BCUT2D eigenvalue weighted by atomic mass is 16.2. The molecule has 0 amide bonds. The minimum Gasteiger partial charge on any atom is -0.316 e. The molecule has 0 fully saturated rings. The molecule has 0 unspecified atom stereocenters. The Hall–Kier alpha value is -1.85. The molecule has 2 rings (SSSR count). The maximum absolute atomic E-state index is 11.8. The number of nitrogens with one attached hydrogen (secondary N) is 1. The van der Waals surface area contributed by atoms with Gasteiger partial charge in [-0.2, -0.15) is 0 Å². The SMILES string of the molecule is CCCn1cnc2c(=O)[nH]c(=O)n(CCC)c21. The van der Waals surface area contributed by atoms with E-state index >= 15 is 0 Å². The lowest BCUT2D eigenvalue weighted by atomic mass is 10.4. The number of H-pyrrole nitrogens is 1. The zero-order chi connectivity index (χ0) is 12.4. The molecule has 0 aliphatic rings. The number of hydrogen-bond donors (Lipinski definition) is 1. The summed E-state index contributed by atoms with van der Waals surface area (Å²) in [5, 5.41) is 0. The van der Waals surface area contributed by atoms with Gasteiger partial charge in [-0.1, -0.05) is 13.8 Å². The third-order valence-corrected chi connectivity index (χ3v) is 2.66. The first kappa shape index (κ1) is 11.6. The minimum absolute atomic E-state index is 0.339. The van der Waals surface area contributed by atoms with E-state index in [-0.39, 0.29) is 5.69 Å². The summed E-state index contributed by atoms with van der Waals surface area (Å²) in [4.78, 5) is 29.8. The van der Waals surface area contributed by atoms with E-state index in [1.807, 2.05) is 18.4 Å². The van der Waals surface area contributed by atoms with E-state index in [0.717, 1.165) is 19.4 Å². The Bertz CT molecular complexity index is 635. The first-order valence-electron chi connectivity index (χ1n) is 5.87. The zero-order valence-corrected chi connectivity index (χ0v) is 10.1. The molecule has 0 aliphatic carbocycles. The van der Waals surface area contributed by atoms with Crippen molar-refractivity contribution in [2.45, 2.75) is 39.8 Å². The maximum Gasteiger partial charge on any atom is 0.330 e. The molecule has 2 aromatic rings. The van der Waals surface area contributed by atoms with Crippen LogP contribution in [-0.2, 0) is 13.1 Å². The number of nitrogens with zero attached hydrogens (tertiary/aromatic N) is 3. The largest absolute Gasteiger partial charge is 0.330 e. The summed E-state index contributed by atoms with van der Waals surface area (Å²) >= 11 is 0. The molecule has 0 saturated heterocycles. The highest BCUT2D eigenvalue weighted by Crippen LogP contribution is 2.07. The van der Waals surface area contributed by atoms with Crippen molar-refractivity contribution in [1.29, 1.82) is 0 Å². The number of aromatic nitrogens is 4. The van der Waals surface area contributed by atoms with Gasteiger partial charge in [0.25, 0.3) is 5.56 Å². The van der Waals surface area contributed by atoms with Gasteiger partial charge < -0.3 is 4.57 Å². The molecule has 0 aliphatic heterocycles. The Labute approximate surface area is 97.9 Å². The van der Waals surface area contributed by atoms with Gasteiger partial charge in [0.15, 0.2) is 5.52 Å². The van der Waals surface area contributed by atoms with Crippen LogP contribution in [0, 0.1) is 0 Å². The van der Waals surface area contributed by atoms with Crippen molar-refractivity contribution in [2.24, 2.45) is 0 Å². The molecule has 0 aromatic carbocycles. The van der Waals surface area contributed by atoms with Gasteiger partial charge in [-0.15, -0.1) is 0 Å². The van der Waals surface area contributed by atoms with Crippen LogP contribution in [0.5, 0.6) is 0 Å². The number of aryl methyl sites for hydroxylation is 2. The minimum atomic E-state index is -0.410. The summed E-state index contributed by atoms with van der Waals surface area (Å²) in [5.74, 6) is 0. The Balaban J connectivity index is 2.80. The average molecular weight is 236 g/mol. The number of fused-ring (bicyclic) bond motifs is 1. The first-order valence-corrected chi connectivity index (χ1v) is 5.87. The Morgan fingerprint density at radius 2 is 1.94 bits per heavy atom. The van der Waals surface area contributed by atoms with Crippen LogP contribution in [0.3, 0.4) is 0 Å². The second-order valence-corrected chi connectivity index (χ2v) is 4.02. The molecule has 17 heavy (non-hydrogen) atoms. The molecule has 0 bridgehead atoms. The van der Waals surface area contributed by atoms with E-state index in [2.05, 4.69) is 9.97 Å². The van der Waals surface area contributed by atoms with Gasteiger partial charge in [-0.25, -0.2) is 9.78 Å². The molecule has 0 radical (unpaired) electrons. The first-order chi connectivity index (χ1) is 8.19. The van der Waals surface area contributed by atoms with Crippen LogP contribution in [0.4, 0.5) is 0 Å². The molecule has 2 aromatic heterocycles. The van der Waals surface area contributed by atoms with Crippen molar-refractivity contribution >= 4 is 11.2 Å². The van der Waals surface area contributed by atoms with Gasteiger partial charge in [0.1, 0.15) is 5.65 Å². The fourth-order valence-corrected chi connectivity index (χ4v) is 1.97. The second kappa shape index (κ2) is 4.57. The molecule has 1 N–H and O–H groups in total. The third kappa shape index (κ3) is 1.90. The third-order valence-electron chi connectivity index (χ3n) is 2.66. The molecule has 6 nitrogen and oxygen atoms in total. The second-order valence-electron chi connectivity index (χ2n) is 4.02. The van der Waals surface area contributed by atoms with Crippen LogP contribution in [-0.4, -0.2) is 19.1 Å². The molecule has 92 valence electrons. The monoisotopic (exact) mass is 236 g/mol. The fourth-order valence-electron chi connectivity index (χ4n) is 1.97. The lowest BCUT2D eigenvalue weighted by Gasteiger charge is -2.08. The lowest BCUT2D eigenvalue weighted by Crippen LogP contribution is -2.31. The Morgan fingerprint density at radius 1 is 1.24 bits per heavy atom. The van der Waals surface area contributed by atoms with Crippen molar-refractivity contribution in [3.05, 3.63) is 27.2 Å². The number of imidazole rings is 1. The lowest BCUT2D eigenvalue weighted by molar-refractivity contribution is 0.615. The quantitative estimate of drug-likeness (QED) is 0.849. The molecule has 0 saturated carbocycles. The topological polar surface area (TPSA) is 72.7 Å². The van der Waals surface area contributed by atoms with E-state index in [1.54, 1.807) is 10.9 Å². The van der Waals surface area contributed by atoms with E-state index in [4.69, 9.17) is 0 Å². The predicted molar refractivity (Wildman–Crippen MR) is 65.2 cm³/mol. The fraction of sp³-hybridized carbons (Fsp3) is 0.545. The molecule has 0 spiro atoms. The standard InChI is InChI=1S/C11H16N4O2/c1-3-5-14-7-12-8-9(16)13-11(17)15(6-4-2)10(8)14/h7H,3-6H2,1-2H3,(H,13,16,17). The molecular weight excluding hydrogens is 220 g/mol. The van der Waals surface area contributed by atoms with E-state index in [1.165, 1.54) is 0 Å². The van der Waals surface area contributed by atoms with Crippen molar-refractivity contribution in [3.63, 3.8) is 0 Å². The highest BCUT2D eigenvalue weighted by molar-refractivity contribution is 5.69. The molecule has 6 heteroatoms. The Kier molecular flexibility index (Phi) is 3.12. The number of aromatic amines is 1. The summed E-state index contributed by atoms with van der Waals surface area (Å²) in [6.07, 6.45) is 3.38. The van der Waals surface area contributed by atoms with Crippen LogP contribution >= 0.6 is 0 Å². The summed E-state index contributed by atoms with van der Waals surface area (Å²) < 4.78 is 3.45. The van der Waals surface area contributed by atoms with Crippen LogP contribution < -0.4 is 11.2 Å². The normalized spacial score (nSPS) is 11.2. The predicted octanol–water partition coefficient (Wildman–Crippen LogP) is 0.706. The smallest absolute Gasteiger partial charge is 0.316 e. The van der Waals surface area contributed by atoms with Gasteiger partial charge >= 0.3 is 5.69 Å². The number of hydrogen-bond acceptors (Lipinski definition) is 3. The van der Waals surface area contributed by atoms with Crippen molar-refractivity contribution in [1.82, 2.24) is 19.1 Å². The summed E-state index contributed by atoms with van der Waals surface area (Å²) in [6.45, 7) is 5.37. The van der Waals surface area contributed by atoms with Crippen molar-refractivity contribution < 1.29 is 0 Å². The summed E-state index contributed by atoms with van der Waals surface area (Å²) in [6, 6.07) is 0. The molecule has 0 atom stereocenters. The summed E-state index contributed by atoms with van der Waals surface area (Å²) in [5.41, 5.74) is 0.198. The van der Waals surface area contributed by atoms with E-state index < -0.39 is 5.56 Å². The van der Waals surface area contributed by atoms with Gasteiger partial charge in [0.05, 0.1) is 6.33 Å². The van der Waals surface area contributed by atoms with Crippen molar-refractivity contribution in [2.75, 3.05) is 0 Å². The number of rotatable bonds is 4. The van der Waals surface area contributed by atoms with Gasteiger partial charge in [-0.05, 0) is 12.8 Å². The van der Waals surface area contributed by atoms with Crippen LogP contribution in [0.25, 0.3) is 11.2 Å². The van der Waals surface area contributed by atoms with Gasteiger partial charge in [0.2, 0.25) is 0 Å². The van der Waals surface area contributed by atoms with Crippen molar-refractivity contribution in [3.8, 4) is 0 Å². The van der Waals surface area contributed by atoms with E-state index in [9.17, 15) is 9.59 Å². The molecular formula is C11H16N4O2. The van der Waals surface area contributed by atoms with Crippen LogP contribution in [0.15, 0.2) is 15.9 Å². The summed E-state index contributed by atoms with van der Waals surface area (Å²) in [7, 11) is 0. The van der Waals surface area contributed by atoms with Crippen LogP contribution in [0.1, 0.15) is 26.7 Å². The molecule has 2 heterocycles. The van der Waals surface area contributed by atoms with E-state index in [0.29, 0.717) is 17.7 Å². The maximum atomic E-state index is 11.8.